The quantitative estimate of drug-likeness (QED) is 0.0451. The fourth-order valence-corrected chi connectivity index (χ4v) is 15.2. The van der Waals surface area contributed by atoms with Crippen LogP contribution in [-0.4, -0.2) is 125 Å². The number of ether oxygens (including phenoxy) is 1. The van der Waals surface area contributed by atoms with Gasteiger partial charge in [0.1, 0.15) is 46.5 Å². The van der Waals surface area contributed by atoms with Crippen LogP contribution in [0.1, 0.15) is 118 Å². The second-order valence-corrected chi connectivity index (χ2v) is 32.6. The number of para-hydroxylation sites is 2. The second kappa shape index (κ2) is 46.4. The van der Waals surface area contributed by atoms with Crippen molar-refractivity contribution in [2.45, 2.75) is 126 Å². The van der Waals surface area contributed by atoms with Crippen LogP contribution in [0.2, 0.25) is 0 Å². The molecule has 0 aliphatic heterocycles. The molecule has 0 N–H and O–H groups in total. The Bertz CT molecular complexity index is 7650. The standard InChI is InChI=1S/C28H24F3N7.C27H22F3N7.C24H16F3N7.C23H21F3N6O.4Pt/c1-4-20-9-6-10-21(5-2)27(20)38(25-13-7-11-23(32-25)36-17-15-19(3)34-36)26-14-8-12-24(33-26)37-18-16-22(35-37)28(29,30)31;1-17-15-18(2)26(19(3)16-17)37(24-9-5-7-22(31-24)35-13-11-20(4)33-35)25-10-6-8-23(32-25)36-14-12-21(34-36)27(28,29)30;1-17-13-15-32(30-17)20-9-5-11-22(28-20)34(18-7-3-2-4-8-18)23-12-6-10-21(29-23)33-16-14-19(31-33)24(25,26)27;1-14-10-17(29-19(11-14)31-8-6-27-15(31)2)22(3,4)18-12-16(33-5)13-20(30-18)32-9-7-28-21(32)23(24,25)26;;;;/h6-16H,4-5H2,1-3H3;5-12,15-16H,1-4H3;2-14H,1H3;6-7,10-13H,1-5H3;;;;/q4*-2;4*+2. The van der Waals surface area contributed by atoms with Gasteiger partial charge in [-0.3, -0.25) is 85.2 Å². The van der Waals surface area contributed by atoms with Gasteiger partial charge in [-0.25, -0.2) is 0 Å². The molecule has 0 aliphatic rings. The number of anilines is 9. The van der Waals surface area contributed by atoms with E-state index >= 15 is 0 Å². The third-order valence-electron chi connectivity index (χ3n) is 21.8. The van der Waals surface area contributed by atoms with Crippen molar-refractivity contribution in [2.75, 3.05) is 21.8 Å². The van der Waals surface area contributed by atoms with Gasteiger partial charge in [-0.1, -0.05) is 230 Å². The first kappa shape index (κ1) is 110. The summed E-state index contributed by atoms with van der Waals surface area (Å²) in [6, 6.07) is 65.9. The molecule has 28 nitrogen and oxygen atoms in total. The van der Waals surface area contributed by atoms with E-state index in [0.717, 1.165) is 129 Å². The summed E-state index contributed by atoms with van der Waals surface area (Å²) in [4.78, 5) is 50.9. The Hall–Kier alpha value is -14.3. The number of aryl methyl sites for hydroxylation is 10. The molecular weight excluding hydrogens is 2630 g/mol. The van der Waals surface area contributed by atoms with Gasteiger partial charge >= 0.3 is 109 Å². The minimum absolute atomic E-state index is 0. The third kappa shape index (κ3) is 25.2. The van der Waals surface area contributed by atoms with E-state index in [4.69, 9.17) is 29.7 Å². The zero-order chi connectivity index (χ0) is 101. The molecule has 16 aromatic heterocycles. The number of imidazole rings is 2. The number of hydrogen-bond acceptors (Lipinski definition) is 20. The molecule has 19 rings (SSSR count). The van der Waals surface area contributed by atoms with E-state index in [-0.39, 0.29) is 108 Å². The SMILES string of the molecule is CCc1cccc(CC)c1N(c1cccc(-n2[c-]cc(C)n2)n1)c1cccc(-n2[c-]cc(C(F)(F)F)n2)n1.COc1cc(-n2[c-]cnc2C(F)(F)F)nc(C(C)(C)c2cc(C)cc(-n3[c-]cnc3C)n2)c1.Cc1c[c-]n(-c2cccc(N(c3ccccc3)c3cccc(-n4[c-]cc(C(F)(F)F)n4)n3)n2)n1.Cc1cc(C)c(N(c2cccc(-n3[c-]cc(C)n3)n2)c2cccc(-n3[c-]cc(C(F)(F)F)n3)n2)c(C)c1.[Pt+2].[Pt+2].[Pt+2].[Pt+2]. The molecule has 0 unspecified atom stereocenters. The van der Waals surface area contributed by atoms with Crippen molar-refractivity contribution in [3.63, 3.8) is 0 Å². The van der Waals surface area contributed by atoms with Crippen molar-refractivity contribution in [1.82, 2.24) is 118 Å². The molecule has 0 radical (unpaired) electrons. The Labute approximate surface area is 887 Å². The van der Waals surface area contributed by atoms with Crippen molar-refractivity contribution >= 4 is 52.0 Å². The predicted molar refractivity (Wildman–Crippen MR) is 502 cm³/mol. The van der Waals surface area contributed by atoms with Crippen LogP contribution in [0.15, 0.2) is 243 Å². The van der Waals surface area contributed by atoms with Gasteiger partial charge in [0.25, 0.3) is 0 Å². The van der Waals surface area contributed by atoms with Crippen LogP contribution in [0, 0.1) is 105 Å². The van der Waals surface area contributed by atoms with Gasteiger partial charge in [0.2, 0.25) is 0 Å². The summed E-state index contributed by atoms with van der Waals surface area (Å²) >= 11 is 0. The molecule has 756 valence electrons. The van der Waals surface area contributed by atoms with E-state index in [9.17, 15) is 52.7 Å². The van der Waals surface area contributed by atoms with Crippen LogP contribution in [0.25, 0.3) is 46.5 Å². The van der Waals surface area contributed by atoms with Crippen LogP contribution in [0.3, 0.4) is 0 Å². The number of rotatable bonds is 22. The zero-order valence-electron chi connectivity index (χ0n) is 79.3. The van der Waals surface area contributed by atoms with Gasteiger partial charge < -0.3 is 51.9 Å². The van der Waals surface area contributed by atoms with Gasteiger partial charge in [0.05, 0.1) is 70.5 Å². The smallest absolute Gasteiger partial charge is 0.498 e. The van der Waals surface area contributed by atoms with Gasteiger partial charge in [0.15, 0.2) is 0 Å². The molecule has 19 aromatic rings. The van der Waals surface area contributed by atoms with Crippen LogP contribution in [0.5, 0.6) is 5.75 Å². The average molecular weight is 2710 g/mol. The number of nitrogens with zero attached hydrogens (tertiary/aromatic N) is 27. The first-order valence-electron chi connectivity index (χ1n) is 43.7. The Morgan fingerprint density at radius 3 is 0.973 bits per heavy atom. The molecule has 0 saturated heterocycles. The van der Waals surface area contributed by atoms with Crippen molar-refractivity contribution in [3.8, 4) is 52.3 Å². The molecule has 0 aliphatic carbocycles. The monoisotopic (exact) mass is 2710 g/mol. The van der Waals surface area contributed by atoms with Crippen LogP contribution >= 0.6 is 0 Å². The Balaban J connectivity index is 0.000000172. The summed E-state index contributed by atoms with van der Waals surface area (Å²) in [5.74, 6) is 5.87. The molecule has 0 amide bonds. The summed E-state index contributed by atoms with van der Waals surface area (Å²) in [5.41, 5.74) is 8.41. The summed E-state index contributed by atoms with van der Waals surface area (Å²) in [7, 11) is 1.44. The Morgan fingerprint density at radius 2 is 0.637 bits per heavy atom. The molecule has 44 heteroatoms. The molecule has 3 aromatic carbocycles. The average Bonchev–Trinajstić information content (AvgIpc) is 1.35. The maximum atomic E-state index is 13.4. The maximum Gasteiger partial charge on any atom is 2.00 e. The van der Waals surface area contributed by atoms with Gasteiger partial charge in [-0.15, -0.1) is 36.4 Å². The fraction of sp³-hybridized carbons (Fsp3) is 0.196. The van der Waals surface area contributed by atoms with E-state index < -0.39 is 53.0 Å². The second-order valence-electron chi connectivity index (χ2n) is 32.6. The summed E-state index contributed by atoms with van der Waals surface area (Å²) < 4.78 is 174. The molecule has 0 atom stereocenters. The summed E-state index contributed by atoms with van der Waals surface area (Å²) in [6.45, 7) is 23.4. The van der Waals surface area contributed by atoms with Gasteiger partial charge in [-0.05, 0) is 167 Å². The van der Waals surface area contributed by atoms with Crippen molar-refractivity contribution in [1.29, 1.82) is 0 Å². The van der Waals surface area contributed by atoms with E-state index in [1.807, 2.05) is 176 Å². The molecule has 0 fully saturated rings. The maximum absolute atomic E-state index is 13.4. The molecule has 16 heterocycles. The minimum Gasteiger partial charge on any atom is -0.498 e. The molecule has 0 spiro atoms. The largest absolute Gasteiger partial charge is 2.00 e. The van der Waals surface area contributed by atoms with Crippen LogP contribution in [0.4, 0.5) is 105 Å². The number of alkyl halides is 12. The number of halogens is 12. The number of hydrogen-bond donors (Lipinski definition) is 0. The number of aromatic nitrogens is 24. The van der Waals surface area contributed by atoms with Gasteiger partial charge in [0, 0.05) is 46.0 Å². The number of pyridine rings is 8. The van der Waals surface area contributed by atoms with Crippen LogP contribution in [-0.2, 0) is 127 Å². The fourth-order valence-electron chi connectivity index (χ4n) is 15.2. The van der Waals surface area contributed by atoms with E-state index in [1.54, 1.807) is 115 Å². The third-order valence-corrected chi connectivity index (χ3v) is 21.8. The van der Waals surface area contributed by atoms with Crippen molar-refractivity contribution < 1.29 is 142 Å². The topological polar surface area (TPSA) is 265 Å². The van der Waals surface area contributed by atoms with Crippen molar-refractivity contribution in [3.05, 3.63) is 383 Å². The number of methoxy groups -OCH3 is 1. The molecular formula is C102H83F12N27OPt4. The Morgan fingerprint density at radius 1 is 0.308 bits per heavy atom. The first-order chi connectivity index (χ1) is 67.8. The molecule has 146 heavy (non-hydrogen) atoms. The van der Waals surface area contributed by atoms with Crippen molar-refractivity contribution in [2.24, 2.45) is 0 Å². The predicted octanol–water partition coefficient (Wildman–Crippen LogP) is 22.2. The Kier molecular flexibility index (Phi) is 35.1. The van der Waals surface area contributed by atoms with E-state index in [1.165, 1.54) is 13.2 Å². The summed E-state index contributed by atoms with van der Waals surface area (Å²) in [5, 5.41) is 24.0. The molecule has 0 bridgehead atoms. The van der Waals surface area contributed by atoms with E-state index in [0.29, 0.717) is 75.3 Å². The first-order valence-corrected chi connectivity index (χ1v) is 43.7. The minimum atomic E-state index is -4.66. The van der Waals surface area contributed by atoms with Gasteiger partial charge in [-0.2, -0.15) is 52.7 Å². The van der Waals surface area contributed by atoms with E-state index in [2.05, 4.69) is 143 Å². The number of benzene rings is 3. The normalized spacial score (nSPS) is 11.4. The summed E-state index contributed by atoms with van der Waals surface area (Å²) in [6.07, 6.45) is 7.80. The van der Waals surface area contributed by atoms with Crippen LogP contribution < -0.4 is 19.4 Å². The zero-order valence-corrected chi connectivity index (χ0v) is 88.4. The molecule has 0 saturated carbocycles.